The lowest BCUT2D eigenvalue weighted by Crippen LogP contribution is -2.22. The number of hydrogen-bond acceptors (Lipinski definition) is 2. The molecule has 1 saturated carbocycles. The molecule has 1 aromatic rings. The Morgan fingerprint density at radius 1 is 1.32 bits per heavy atom. The molecule has 0 saturated heterocycles. The Balaban J connectivity index is 1.84. The molecule has 1 aromatic carbocycles. The maximum Gasteiger partial charge on any atom is 0.306 e. The van der Waals surface area contributed by atoms with E-state index in [9.17, 15) is 4.79 Å². The first kappa shape index (κ1) is 13.6. The summed E-state index contributed by atoms with van der Waals surface area (Å²) in [5.41, 5.74) is 1.92. The van der Waals surface area contributed by atoms with E-state index in [1.54, 1.807) is 0 Å². The molecule has 0 aliphatic heterocycles. The molecule has 0 amide bonds. The standard InChI is InChI=1S/C16H19NO2/c17-11-14-8-5-12(6-9-14)4-7-13-2-1-3-15(10-13)16(18)19/h5-6,8-9,13,15H,1-4,7,10H2,(H,18,19). The summed E-state index contributed by atoms with van der Waals surface area (Å²) in [6.07, 6.45) is 5.88. The van der Waals surface area contributed by atoms with Crippen molar-refractivity contribution in [3.8, 4) is 6.07 Å². The van der Waals surface area contributed by atoms with Gasteiger partial charge in [-0.15, -0.1) is 0 Å². The van der Waals surface area contributed by atoms with E-state index in [2.05, 4.69) is 6.07 Å². The number of nitrogens with zero attached hydrogens (tertiary/aromatic N) is 1. The molecule has 1 fully saturated rings. The molecule has 2 rings (SSSR count). The number of benzene rings is 1. The third-order valence-electron chi connectivity index (χ3n) is 4.06. The molecule has 2 unspecified atom stereocenters. The monoisotopic (exact) mass is 257 g/mol. The molecular weight excluding hydrogens is 238 g/mol. The Morgan fingerprint density at radius 2 is 2.05 bits per heavy atom. The molecular formula is C16H19NO2. The fourth-order valence-corrected chi connectivity index (χ4v) is 2.89. The summed E-state index contributed by atoms with van der Waals surface area (Å²) >= 11 is 0. The molecule has 100 valence electrons. The maximum absolute atomic E-state index is 11.0. The summed E-state index contributed by atoms with van der Waals surface area (Å²) in [4.78, 5) is 11.0. The molecule has 19 heavy (non-hydrogen) atoms. The van der Waals surface area contributed by atoms with E-state index in [1.165, 1.54) is 5.56 Å². The van der Waals surface area contributed by atoms with Crippen LogP contribution in [-0.4, -0.2) is 11.1 Å². The second-order valence-electron chi connectivity index (χ2n) is 5.42. The van der Waals surface area contributed by atoms with Crippen LogP contribution in [0.5, 0.6) is 0 Å². The highest BCUT2D eigenvalue weighted by atomic mass is 16.4. The fraction of sp³-hybridized carbons (Fsp3) is 0.500. The molecule has 2 atom stereocenters. The Kier molecular flexibility index (Phi) is 4.57. The number of carboxylic acids is 1. The van der Waals surface area contributed by atoms with Crippen LogP contribution >= 0.6 is 0 Å². The van der Waals surface area contributed by atoms with E-state index in [4.69, 9.17) is 10.4 Å². The van der Waals surface area contributed by atoms with Crippen molar-refractivity contribution in [2.75, 3.05) is 0 Å². The lowest BCUT2D eigenvalue weighted by Gasteiger charge is -2.26. The van der Waals surface area contributed by atoms with Crippen molar-refractivity contribution in [1.82, 2.24) is 0 Å². The van der Waals surface area contributed by atoms with Gasteiger partial charge in [-0.25, -0.2) is 0 Å². The number of aliphatic carboxylic acids is 1. The van der Waals surface area contributed by atoms with Crippen molar-refractivity contribution in [1.29, 1.82) is 5.26 Å². The SMILES string of the molecule is N#Cc1ccc(CCC2CCCC(C(=O)O)C2)cc1. The van der Waals surface area contributed by atoms with Crippen LogP contribution < -0.4 is 0 Å². The first-order valence-corrected chi connectivity index (χ1v) is 6.91. The molecule has 1 aliphatic carbocycles. The summed E-state index contributed by atoms with van der Waals surface area (Å²) in [5.74, 6) is -0.242. The van der Waals surface area contributed by atoms with Crippen molar-refractivity contribution in [3.05, 3.63) is 35.4 Å². The third kappa shape index (κ3) is 3.82. The Hall–Kier alpha value is -1.82. The van der Waals surface area contributed by atoms with E-state index in [1.807, 2.05) is 24.3 Å². The lowest BCUT2D eigenvalue weighted by atomic mass is 9.79. The molecule has 3 heteroatoms. The van der Waals surface area contributed by atoms with E-state index in [-0.39, 0.29) is 5.92 Å². The number of hydrogen-bond donors (Lipinski definition) is 1. The number of rotatable bonds is 4. The van der Waals surface area contributed by atoms with Gasteiger partial charge >= 0.3 is 5.97 Å². The fourth-order valence-electron chi connectivity index (χ4n) is 2.89. The quantitative estimate of drug-likeness (QED) is 0.899. The average molecular weight is 257 g/mol. The van der Waals surface area contributed by atoms with Gasteiger partial charge in [0.25, 0.3) is 0 Å². The van der Waals surface area contributed by atoms with Gasteiger partial charge in [0.15, 0.2) is 0 Å². The van der Waals surface area contributed by atoms with Gasteiger partial charge in [-0.2, -0.15) is 5.26 Å². The van der Waals surface area contributed by atoms with Crippen LogP contribution in [0.3, 0.4) is 0 Å². The van der Waals surface area contributed by atoms with Gasteiger partial charge in [0, 0.05) is 0 Å². The Morgan fingerprint density at radius 3 is 2.68 bits per heavy atom. The third-order valence-corrected chi connectivity index (χ3v) is 4.06. The smallest absolute Gasteiger partial charge is 0.306 e. The molecule has 0 spiro atoms. The van der Waals surface area contributed by atoms with Gasteiger partial charge in [-0.3, -0.25) is 4.79 Å². The highest BCUT2D eigenvalue weighted by Crippen LogP contribution is 2.32. The first-order chi connectivity index (χ1) is 9.19. The summed E-state index contributed by atoms with van der Waals surface area (Å²) < 4.78 is 0. The van der Waals surface area contributed by atoms with Crippen LogP contribution in [0.4, 0.5) is 0 Å². The molecule has 1 aliphatic rings. The maximum atomic E-state index is 11.0. The van der Waals surface area contributed by atoms with Gasteiger partial charge in [-0.05, 0) is 49.3 Å². The first-order valence-electron chi connectivity index (χ1n) is 6.91. The molecule has 0 heterocycles. The summed E-state index contributed by atoms with van der Waals surface area (Å²) in [6.45, 7) is 0. The number of nitriles is 1. The summed E-state index contributed by atoms with van der Waals surface area (Å²) in [6, 6.07) is 9.79. The zero-order chi connectivity index (χ0) is 13.7. The minimum atomic E-state index is -0.636. The molecule has 3 nitrogen and oxygen atoms in total. The van der Waals surface area contributed by atoms with Crippen molar-refractivity contribution in [2.24, 2.45) is 11.8 Å². The Bertz CT molecular complexity index is 473. The largest absolute Gasteiger partial charge is 0.481 e. The summed E-state index contributed by atoms with van der Waals surface area (Å²) in [7, 11) is 0. The van der Waals surface area contributed by atoms with Crippen LogP contribution in [0.1, 0.15) is 43.2 Å². The van der Waals surface area contributed by atoms with Crippen LogP contribution in [0.15, 0.2) is 24.3 Å². The highest BCUT2D eigenvalue weighted by molar-refractivity contribution is 5.70. The van der Waals surface area contributed by atoms with Crippen LogP contribution in [-0.2, 0) is 11.2 Å². The molecule has 1 N–H and O–H groups in total. The van der Waals surface area contributed by atoms with Gasteiger partial charge in [0.05, 0.1) is 17.6 Å². The van der Waals surface area contributed by atoms with Gasteiger partial charge in [-0.1, -0.05) is 25.0 Å². The minimum absolute atomic E-state index is 0.139. The van der Waals surface area contributed by atoms with Crippen molar-refractivity contribution in [3.63, 3.8) is 0 Å². The van der Waals surface area contributed by atoms with Crippen LogP contribution in [0.25, 0.3) is 0 Å². The predicted octanol–water partition coefficient (Wildman–Crippen LogP) is 3.38. The van der Waals surface area contributed by atoms with Crippen LogP contribution in [0.2, 0.25) is 0 Å². The van der Waals surface area contributed by atoms with E-state index in [0.717, 1.165) is 38.5 Å². The normalized spacial score (nSPS) is 22.7. The topological polar surface area (TPSA) is 61.1 Å². The molecule has 0 aromatic heterocycles. The number of carbonyl (C=O) groups is 1. The van der Waals surface area contributed by atoms with Crippen molar-refractivity contribution < 1.29 is 9.90 Å². The van der Waals surface area contributed by atoms with Gasteiger partial charge in [0.2, 0.25) is 0 Å². The predicted molar refractivity (Wildman–Crippen MR) is 72.6 cm³/mol. The average Bonchev–Trinajstić information content (AvgIpc) is 2.46. The van der Waals surface area contributed by atoms with E-state index < -0.39 is 5.97 Å². The van der Waals surface area contributed by atoms with E-state index in [0.29, 0.717) is 11.5 Å². The second-order valence-corrected chi connectivity index (χ2v) is 5.42. The van der Waals surface area contributed by atoms with Crippen LogP contribution in [0, 0.1) is 23.2 Å². The van der Waals surface area contributed by atoms with Crippen molar-refractivity contribution >= 4 is 5.97 Å². The number of aryl methyl sites for hydroxylation is 1. The number of carboxylic acid groups (broad SMARTS) is 1. The van der Waals surface area contributed by atoms with Gasteiger partial charge < -0.3 is 5.11 Å². The minimum Gasteiger partial charge on any atom is -0.481 e. The Labute approximate surface area is 113 Å². The van der Waals surface area contributed by atoms with Gasteiger partial charge in [0.1, 0.15) is 0 Å². The van der Waals surface area contributed by atoms with E-state index >= 15 is 0 Å². The highest BCUT2D eigenvalue weighted by Gasteiger charge is 2.26. The molecule has 0 radical (unpaired) electrons. The zero-order valence-electron chi connectivity index (χ0n) is 11.0. The summed E-state index contributed by atoms with van der Waals surface area (Å²) in [5, 5.41) is 17.8. The lowest BCUT2D eigenvalue weighted by molar-refractivity contribution is -0.143. The van der Waals surface area contributed by atoms with Crippen molar-refractivity contribution in [2.45, 2.75) is 38.5 Å². The second kappa shape index (κ2) is 6.38. The zero-order valence-corrected chi connectivity index (χ0v) is 11.0. The molecule has 0 bridgehead atoms.